The molecule has 1 aliphatic carbocycles. The number of hydrogen-bond acceptors (Lipinski definition) is 0. The van der Waals surface area contributed by atoms with Crippen LogP contribution in [0, 0.1) is 23.5 Å². The Labute approximate surface area is 112 Å². The number of hydrogen-bond donors (Lipinski definition) is 0. The number of halogens is 3. The summed E-state index contributed by atoms with van der Waals surface area (Å²) < 4.78 is 26.5. The molecule has 0 heterocycles. The van der Waals surface area contributed by atoms with Gasteiger partial charge in [0.15, 0.2) is 0 Å². The molecule has 1 fully saturated rings. The lowest BCUT2D eigenvalue weighted by atomic mass is 9.77. The Hall–Kier alpha value is -0.630. The predicted octanol–water partition coefficient (Wildman–Crippen LogP) is 4.94. The smallest absolute Gasteiger partial charge is 0.129 e. The van der Waals surface area contributed by atoms with E-state index >= 15 is 0 Å². The van der Waals surface area contributed by atoms with Crippen LogP contribution in [0.15, 0.2) is 18.2 Å². The zero-order valence-electron chi connectivity index (χ0n) is 10.6. The zero-order chi connectivity index (χ0) is 13.1. The average Bonchev–Trinajstić information content (AvgIpc) is 2.35. The molecule has 3 unspecified atom stereocenters. The summed E-state index contributed by atoms with van der Waals surface area (Å²) in [5.74, 6) is 0.0464. The highest BCUT2D eigenvalue weighted by Gasteiger charge is 2.29. The van der Waals surface area contributed by atoms with Crippen molar-refractivity contribution in [3.63, 3.8) is 0 Å². The van der Waals surface area contributed by atoms with Gasteiger partial charge in [0.25, 0.3) is 0 Å². The van der Waals surface area contributed by atoms with Crippen molar-refractivity contribution in [1.82, 2.24) is 0 Å². The Morgan fingerprint density at radius 2 is 2.06 bits per heavy atom. The van der Waals surface area contributed by atoms with Crippen LogP contribution >= 0.6 is 11.6 Å². The van der Waals surface area contributed by atoms with Crippen LogP contribution in [-0.4, -0.2) is 5.38 Å². The van der Waals surface area contributed by atoms with Gasteiger partial charge in [0, 0.05) is 11.4 Å². The Balaban J connectivity index is 2.07. The molecule has 3 heteroatoms. The molecule has 1 saturated carbocycles. The van der Waals surface area contributed by atoms with Gasteiger partial charge in [-0.1, -0.05) is 19.4 Å². The molecular weight excluding hydrogens is 254 g/mol. The first-order valence-electron chi connectivity index (χ1n) is 6.68. The van der Waals surface area contributed by atoms with Crippen LogP contribution in [0.25, 0.3) is 0 Å². The minimum atomic E-state index is -0.520. The summed E-state index contributed by atoms with van der Waals surface area (Å²) >= 11 is 6.34. The Kier molecular flexibility index (Phi) is 4.60. The van der Waals surface area contributed by atoms with Crippen LogP contribution in [0.5, 0.6) is 0 Å². The van der Waals surface area contributed by atoms with Crippen LogP contribution in [0.3, 0.4) is 0 Å². The summed E-state index contributed by atoms with van der Waals surface area (Å²) in [4.78, 5) is 0. The van der Waals surface area contributed by atoms with Gasteiger partial charge in [-0.3, -0.25) is 0 Å². The third-order valence-electron chi connectivity index (χ3n) is 4.07. The zero-order valence-corrected chi connectivity index (χ0v) is 11.4. The summed E-state index contributed by atoms with van der Waals surface area (Å²) in [6.07, 6.45) is 5.02. The van der Waals surface area contributed by atoms with Crippen LogP contribution in [-0.2, 0) is 6.42 Å². The third kappa shape index (κ3) is 3.23. The van der Waals surface area contributed by atoms with E-state index in [4.69, 9.17) is 11.6 Å². The van der Waals surface area contributed by atoms with Crippen molar-refractivity contribution in [1.29, 1.82) is 0 Å². The summed E-state index contributed by atoms with van der Waals surface area (Å²) in [6, 6.07) is 3.82. The summed E-state index contributed by atoms with van der Waals surface area (Å²) in [5.41, 5.74) is 0.587. The van der Waals surface area contributed by atoms with Crippen molar-refractivity contribution >= 4 is 11.6 Å². The molecule has 100 valence electrons. The number of alkyl halides is 1. The molecule has 0 N–H and O–H groups in total. The van der Waals surface area contributed by atoms with E-state index in [2.05, 4.69) is 6.92 Å². The van der Waals surface area contributed by atoms with E-state index in [-0.39, 0.29) is 5.38 Å². The second-order valence-electron chi connectivity index (χ2n) is 5.30. The van der Waals surface area contributed by atoms with E-state index in [1.165, 1.54) is 12.5 Å². The molecule has 0 amide bonds. The standard InChI is InChI=1S/C15H19ClF2/c1-2-10-3-6-14(16)12(7-10)8-11-4-5-13(17)9-15(11)18/h4-5,9-10,12,14H,2-3,6-8H2,1H3. The van der Waals surface area contributed by atoms with Gasteiger partial charge in [-0.15, -0.1) is 11.6 Å². The van der Waals surface area contributed by atoms with Crippen LogP contribution in [0.1, 0.15) is 38.2 Å². The third-order valence-corrected chi connectivity index (χ3v) is 4.65. The molecule has 1 aromatic carbocycles. The van der Waals surface area contributed by atoms with Gasteiger partial charge in [-0.2, -0.15) is 0 Å². The Morgan fingerprint density at radius 3 is 2.72 bits per heavy atom. The van der Waals surface area contributed by atoms with Crippen LogP contribution in [0.4, 0.5) is 8.78 Å². The molecule has 0 aliphatic heterocycles. The average molecular weight is 273 g/mol. The van der Waals surface area contributed by atoms with Crippen LogP contribution in [0.2, 0.25) is 0 Å². The topological polar surface area (TPSA) is 0 Å². The molecule has 0 nitrogen and oxygen atoms in total. The lowest BCUT2D eigenvalue weighted by Crippen LogP contribution is -2.27. The Bertz CT molecular complexity index is 405. The monoisotopic (exact) mass is 272 g/mol. The first-order valence-corrected chi connectivity index (χ1v) is 7.11. The highest BCUT2D eigenvalue weighted by molar-refractivity contribution is 6.20. The van der Waals surface area contributed by atoms with Crippen molar-refractivity contribution in [3.05, 3.63) is 35.4 Å². The Morgan fingerprint density at radius 1 is 1.28 bits per heavy atom. The molecule has 0 bridgehead atoms. The molecule has 1 aliphatic rings. The van der Waals surface area contributed by atoms with Gasteiger partial charge in [0.2, 0.25) is 0 Å². The molecule has 0 saturated heterocycles. The highest BCUT2D eigenvalue weighted by Crippen LogP contribution is 2.36. The van der Waals surface area contributed by atoms with Gasteiger partial charge in [-0.05, 0) is 49.1 Å². The summed E-state index contributed by atoms with van der Waals surface area (Å²) in [7, 11) is 0. The van der Waals surface area contributed by atoms with E-state index in [9.17, 15) is 8.78 Å². The summed E-state index contributed by atoms with van der Waals surface area (Å²) in [5, 5.41) is 0.122. The minimum absolute atomic E-state index is 0.122. The fraction of sp³-hybridized carbons (Fsp3) is 0.600. The molecular formula is C15H19ClF2. The van der Waals surface area contributed by atoms with Crippen molar-refractivity contribution in [2.75, 3.05) is 0 Å². The maximum absolute atomic E-state index is 13.6. The van der Waals surface area contributed by atoms with Crippen molar-refractivity contribution < 1.29 is 8.78 Å². The maximum Gasteiger partial charge on any atom is 0.129 e. The van der Waals surface area contributed by atoms with Gasteiger partial charge in [0.1, 0.15) is 11.6 Å². The summed E-state index contributed by atoms with van der Waals surface area (Å²) in [6.45, 7) is 2.19. The van der Waals surface area contributed by atoms with E-state index in [0.717, 1.165) is 25.3 Å². The van der Waals surface area contributed by atoms with Crippen molar-refractivity contribution in [2.45, 2.75) is 44.4 Å². The van der Waals surface area contributed by atoms with Crippen LogP contribution < -0.4 is 0 Å². The quantitative estimate of drug-likeness (QED) is 0.684. The second kappa shape index (κ2) is 6.01. The van der Waals surface area contributed by atoms with Gasteiger partial charge in [-0.25, -0.2) is 8.78 Å². The van der Waals surface area contributed by atoms with Crippen molar-refractivity contribution in [2.24, 2.45) is 11.8 Å². The van der Waals surface area contributed by atoms with E-state index in [1.54, 1.807) is 6.07 Å². The van der Waals surface area contributed by atoms with E-state index < -0.39 is 11.6 Å². The fourth-order valence-corrected chi connectivity index (χ4v) is 3.19. The van der Waals surface area contributed by atoms with Gasteiger partial charge < -0.3 is 0 Å². The van der Waals surface area contributed by atoms with E-state index in [1.807, 2.05) is 0 Å². The SMILES string of the molecule is CCC1CCC(Cl)C(Cc2ccc(F)cc2F)C1. The molecule has 0 aromatic heterocycles. The normalized spacial score (nSPS) is 28.3. The van der Waals surface area contributed by atoms with Gasteiger partial charge >= 0.3 is 0 Å². The molecule has 1 aromatic rings. The first kappa shape index (κ1) is 13.8. The lowest BCUT2D eigenvalue weighted by molar-refractivity contribution is 0.263. The van der Waals surface area contributed by atoms with Gasteiger partial charge in [0.05, 0.1) is 0 Å². The molecule has 18 heavy (non-hydrogen) atoms. The molecule has 0 spiro atoms. The lowest BCUT2D eigenvalue weighted by Gasteiger charge is -2.32. The highest BCUT2D eigenvalue weighted by atomic mass is 35.5. The number of benzene rings is 1. The van der Waals surface area contributed by atoms with Crippen molar-refractivity contribution in [3.8, 4) is 0 Å². The van der Waals surface area contributed by atoms with E-state index in [0.29, 0.717) is 23.8 Å². The maximum atomic E-state index is 13.6. The number of rotatable bonds is 3. The largest absolute Gasteiger partial charge is 0.207 e. The molecule has 2 rings (SSSR count). The molecule has 3 atom stereocenters. The molecule has 0 radical (unpaired) electrons. The predicted molar refractivity (Wildman–Crippen MR) is 70.8 cm³/mol. The fourth-order valence-electron chi connectivity index (χ4n) is 2.88. The minimum Gasteiger partial charge on any atom is -0.207 e. The first-order chi connectivity index (χ1) is 8.60. The second-order valence-corrected chi connectivity index (χ2v) is 5.86.